The third-order valence-electron chi connectivity index (χ3n) is 1.94. The van der Waals surface area contributed by atoms with Gasteiger partial charge in [-0.3, -0.25) is 9.82 Å². The van der Waals surface area contributed by atoms with Crippen molar-refractivity contribution in [1.82, 2.24) is 10.2 Å². The van der Waals surface area contributed by atoms with E-state index in [4.69, 9.17) is 0 Å². The van der Waals surface area contributed by atoms with Gasteiger partial charge in [-0.05, 0) is 12.1 Å². The zero-order valence-electron chi connectivity index (χ0n) is 8.31. The number of sulfonamides is 1. The standard InChI is InChI=1S/C9H7F2N3O2S/c10-7-2-1-3-8(11)9(7)17(15,16)14-6-4-12-13-5-6/h1-5,14H,(H,12,13). The summed E-state index contributed by atoms with van der Waals surface area (Å²) in [5.41, 5.74) is 0.0904. The number of nitrogens with one attached hydrogen (secondary N) is 2. The van der Waals surface area contributed by atoms with Gasteiger partial charge in [0.25, 0.3) is 10.0 Å². The van der Waals surface area contributed by atoms with Crippen molar-refractivity contribution in [1.29, 1.82) is 0 Å². The van der Waals surface area contributed by atoms with Crippen molar-refractivity contribution in [3.63, 3.8) is 0 Å². The van der Waals surface area contributed by atoms with E-state index in [1.165, 1.54) is 12.4 Å². The number of H-pyrrole nitrogens is 1. The predicted octanol–water partition coefficient (Wildman–Crippen LogP) is 1.49. The van der Waals surface area contributed by atoms with Gasteiger partial charge in [0.1, 0.15) is 11.6 Å². The highest BCUT2D eigenvalue weighted by Gasteiger charge is 2.23. The van der Waals surface area contributed by atoms with Crippen LogP contribution in [0.2, 0.25) is 0 Å². The lowest BCUT2D eigenvalue weighted by molar-refractivity contribution is 0.521. The first-order valence-electron chi connectivity index (χ1n) is 4.46. The van der Waals surface area contributed by atoms with E-state index in [1.54, 1.807) is 0 Å². The molecule has 5 nitrogen and oxygen atoms in total. The number of aromatic nitrogens is 2. The van der Waals surface area contributed by atoms with E-state index in [9.17, 15) is 17.2 Å². The van der Waals surface area contributed by atoms with E-state index in [1.807, 2.05) is 4.72 Å². The summed E-state index contributed by atoms with van der Waals surface area (Å²) in [4.78, 5) is -1.01. The second-order valence-corrected chi connectivity index (χ2v) is 4.76. The van der Waals surface area contributed by atoms with Crippen LogP contribution in [-0.2, 0) is 10.0 Å². The molecule has 90 valence electrons. The van der Waals surface area contributed by atoms with Crippen molar-refractivity contribution in [2.75, 3.05) is 4.72 Å². The normalized spacial score (nSPS) is 11.4. The van der Waals surface area contributed by atoms with Crippen molar-refractivity contribution in [2.45, 2.75) is 4.90 Å². The van der Waals surface area contributed by atoms with Crippen molar-refractivity contribution in [3.05, 3.63) is 42.2 Å². The molecule has 0 radical (unpaired) electrons. The van der Waals surface area contributed by atoms with Gasteiger partial charge in [-0.2, -0.15) is 5.10 Å². The minimum absolute atomic E-state index is 0.0904. The van der Waals surface area contributed by atoms with Gasteiger partial charge < -0.3 is 0 Å². The minimum atomic E-state index is -4.30. The first-order chi connectivity index (χ1) is 8.00. The molecule has 0 aliphatic heterocycles. The smallest absolute Gasteiger partial charge is 0.267 e. The predicted molar refractivity (Wildman–Crippen MR) is 55.8 cm³/mol. The number of aromatic amines is 1. The summed E-state index contributed by atoms with van der Waals surface area (Å²) in [6.45, 7) is 0. The van der Waals surface area contributed by atoms with Crippen molar-refractivity contribution < 1.29 is 17.2 Å². The highest BCUT2D eigenvalue weighted by atomic mass is 32.2. The number of nitrogens with zero attached hydrogens (tertiary/aromatic N) is 1. The fourth-order valence-electron chi connectivity index (χ4n) is 1.25. The summed E-state index contributed by atoms with van der Waals surface area (Å²) in [5, 5.41) is 5.87. The molecule has 1 aromatic heterocycles. The number of hydrogen-bond acceptors (Lipinski definition) is 3. The second-order valence-electron chi connectivity index (χ2n) is 3.14. The van der Waals surface area contributed by atoms with Crippen molar-refractivity contribution in [3.8, 4) is 0 Å². The van der Waals surface area contributed by atoms with Gasteiger partial charge in [0.05, 0.1) is 11.9 Å². The van der Waals surface area contributed by atoms with Crippen LogP contribution in [0, 0.1) is 11.6 Å². The van der Waals surface area contributed by atoms with E-state index in [0.29, 0.717) is 0 Å². The lowest BCUT2D eigenvalue weighted by Crippen LogP contribution is -2.16. The number of hydrogen-bond donors (Lipinski definition) is 2. The summed E-state index contributed by atoms with van der Waals surface area (Å²) in [6, 6.07) is 2.82. The quantitative estimate of drug-likeness (QED) is 0.876. The molecule has 0 aliphatic carbocycles. The van der Waals surface area contributed by atoms with Crippen LogP contribution in [0.5, 0.6) is 0 Å². The molecule has 0 atom stereocenters. The van der Waals surface area contributed by atoms with E-state index >= 15 is 0 Å². The maximum atomic E-state index is 13.3. The number of anilines is 1. The number of rotatable bonds is 3. The first kappa shape index (κ1) is 11.5. The van der Waals surface area contributed by atoms with E-state index < -0.39 is 26.6 Å². The number of benzene rings is 1. The molecule has 2 rings (SSSR count). The highest BCUT2D eigenvalue weighted by Crippen LogP contribution is 2.20. The second kappa shape index (κ2) is 4.13. The molecular weight excluding hydrogens is 252 g/mol. The molecule has 2 N–H and O–H groups in total. The molecule has 0 fully saturated rings. The average Bonchev–Trinajstić information content (AvgIpc) is 2.68. The van der Waals surface area contributed by atoms with Crippen LogP contribution in [0.25, 0.3) is 0 Å². The van der Waals surface area contributed by atoms with Gasteiger partial charge in [0, 0.05) is 6.20 Å². The summed E-state index contributed by atoms with van der Waals surface area (Å²) in [7, 11) is -4.30. The third-order valence-corrected chi connectivity index (χ3v) is 3.37. The van der Waals surface area contributed by atoms with Crippen LogP contribution in [-0.4, -0.2) is 18.6 Å². The van der Waals surface area contributed by atoms with E-state index in [-0.39, 0.29) is 5.69 Å². The van der Waals surface area contributed by atoms with Gasteiger partial charge in [0.15, 0.2) is 4.90 Å². The summed E-state index contributed by atoms with van der Waals surface area (Å²) < 4.78 is 52.0. The van der Waals surface area contributed by atoms with E-state index in [0.717, 1.165) is 18.2 Å². The highest BCUT2D eigenvalue weighted by molar-refractivity contribution is 7.92. The van der Waals surface area contributed by atoms with Crippen LogP contribution >= 0.6 is 0 Å². The molecule has 0 saturated heterocycles. The van der Waals surface area contributed by atoms with Gasteiger partial charge in [-0.15, -0.1) is 0 Å². The molecule has 2 aromatic rings. The van der Waals surface area contributed by atoms with Crippen LogP contribution < -0.4 is 4.72 Å². The lowest BCUT2D eigenvalue weighted by atomic mass is 10.3. The summed E-state index contributed by atoms with van der Waals surface area (Å²) >= 11 is 0. The summed E-state index contributed by atoms with van der Waals surface area (Å²) in [5.74, 6) is -2.30. The Bertz CT molecular complexity index is 605. The zero-order chi connectivity index (χ0) is 12.5. The van der Waals surface area contributed by atoms with Crippen molar-refractivity contribution >= 4 is 15.7 Å². The largest absolute Gasteiger partial charge is 0.284 e. The SMILES string of the molecule is O=S(=O)(Nc1cn[nH]c1)c1c(F)cccc1F. The van der Waals surface area contributed by atoms with E-state index in [2.05, 4.69) is 10.2 Å². The van der Waals surface area contributed by atoms with Crippen molar-refractivity contribution in [2.24, 2.45) is 0 Å². The Morgan fingerprint density at radius 2 is 1.88 bits per heavy atom. The molecule has 8 heteroatoms. The molecule has 1 heterocycles. The maximum Gasteiger partial charge on any atom is 0.267 e. The fourth-order valence-corrected chi connectivity index (χ4v) is 2.43. The Hall–Kier alpha value is -1.96. The molecule has 0 aliphatic rings. The molecule has 0 bridgehead atoms. The van der Waals surface area contributed by atoms with Crippen LogP contribution in [0.15, 0.2) is 35.5 Å². The van der Waals surface area contributed by atoms with Crippen LogP contribution in [0.4, 0.5) is 14.5 Å². The monoisotopic (exact) mass is 259 g/mol. The van der Waals surface area contributed by atoms with Gasteiger partial charge >= 0.3 is 0 Å². The minimum Gasteiger partial charge on any atom is -0.284 e. The lowest BCUT2D eigenvalue weighted by Gasteiger charge is -2.07. The fraction of sp³-hybridized carbons (Fsp3) is 0. The maximum absolute atomic E-state index is 13.3. The Morgan fingerprint density at radius 1 is 1.24 bits per heavy atom. The molecule has 0 amide bonds. The first-order valence-corrected chi connectivity index (χ1v) is 5.94. The Labute approximate surface area is 95.5 Å². The van der Waals surface area contributed by atoms with Crippen LogP contribution in [0.1, 0.15) is 0 Å². The van der Waals surface area contributed by atoms with Gasteiger partial charge in [0.2, 0.25) is 0 Å². The van der Waals surface area contributed by atoms with Gasteiger partial charge in [-0.25, -0.2) is 17.2 Å². The Balaban J connectivity index is 2.45. The molecule has 0 unspecified atom stereocenters. The Kier molecular flexibility index (Phi) is 2.80. The van der Waals surface area contributed by atoms with Gasteiger partial charge in [-0.1, -0.05) is 6.07 Å². The molecule has 0 saturated carbocycles. The molecular formula is C9H7F2N3O2S. The molecule has 1 aromatic carbocycles. The third kappa shape index (κ3) is 2.26. The molecule has 0 spiro atoms. The summed E-state index contributed by atoms with van der Waals surface area (Å²) in [6.07, 6.45) is 2.42. The average molecular weight is 259 g/mol. The zero-order valence-corrected chi connectivity index (χ0v) is 9.13. The molecule has 17 heavy (non-hydrogen) atoms. The topological polar surface area (TPSA) is 74.8 Å². The Morgan fingerprint density at radius 3 is 2.41 bits per heavy atom. The van der Waals surface area contributed by atoms with Crippen LogP contribution in [0.3, 0.4) is 0 Å². The number of halogens is 2.